The minimum atomic E-state index is -0.359. The van der Waals surface area contributed by atoms with Gasteiger partial charge in [0, 0.05) is 42.9 Å². The number of benzene rings is 1. The Morgan fingerprint density at radius 3 is 2.96 bits per heavy atom. The Morgan fingerprint density at radius 1 is 1.40 bits per heavy atom. The first-order valence-electron chi connectivity index (χ1n) is 8.53. The summed E-state index contributed by atoms with van der Waals surface area (Å²) >= 11 is 0. The van der Waals surface area contributed by atoms with Gasteiger partial charge >= 0.3 is 0 Å². The van der Waals surface area contributed by atoms with Crippen molar-refractivity contribution in [1.82, 2.24) is 10.3 Å². The lowest BCUT2D eigenvalue weighted by atomic mass is 10.0. The van der Waals surface area contributed by atoms with Gasteiger partial charge in [0.15, 0.2) is 5.66 Å². The standard InChI is InChI=1S/C19H22N4O2/c1-3-5-9-19(22-23-19)10-11-20-17(24)12-14-13-21-15-7-6-8-16(18(14)15)25-4-2/h1,6-8,13,21H,4-5,9-12H2,2H3,(H,20,24). The number of hydrogen-bond donors (Lipinski definition) is 2. The summed E-state index contributed by atoms with van der Waals surface area (Å²) in [7, 11) is 0. The lowest BCUT2D eigenvalue weighted by Gasteiger charge is -2.10. The van der Waals surface area contributed by atoms with E-state index in [0.29, 0.717) is 32.4 Å². The summed E-state index contributed by atoms with van der Waals surface area (Å²) in [4.78, 5) is 15.5. The molecular weight excluding hydrogens is 316 g/mol. The zero-order valence-electron chi connectivity index (χ0n) is 14.3. The van der Waals surface area contributed by atoms with Gasteiger partial charge in [0.25, 0.3) is 0 Å². The summed E-state index contributed by atoms with van der Waals surface area (Å²) in [5.74, 6) is 3.37. The van der Waals surface area contributed by atoms with Crippen LogP contribution in [0.4, 0.5) is 0 Å². The fourth-order valence-corrected chi connectivity index (χ4v) is 2.94. The molecule has 2 N–H and O–H groups in total. The predicted molar refractivity (Wildman–Crippen MR) is 96.5 cm³/mol. The van der Waals surface area contributed by atoms with Crippen LogP contribution in [-0.2, 0) is 11.2 Å². The van der Waals surface area contributed by atoms with Crippen molar-refractivity contribution in [3.05, 3.63) is 30.0 Å². The molecule has 2 aromatic rings. The summed E-state index contributed by atoms with van der Waals surface area (Å²) in [6.45, 7) is 3.07. The van der Waals surface area contributed by atoms with Crippen molar-refractivity contribution < 1.29 is 9.53 Å². The molecule has 25 heavy (non-hydrogen) atoms. The molecule has 2 heterocycles. The topological polar surface area (TPSA) is 78.8 Å². The molecule has 3 rings (SSSR count). The number of H-pyrrole nitrogens is 1. The van der Waals surface area contributed by atoms with Crippen molar-refractivity contribution in [2.24, 2.45) is 10.2 Å². The Morgan fingerprint density at radius 2 is 2.24 bits per heavy atom. The number of carbonyl (C=O) groups excluding carboxylic acids is 1. The first-order valence-corrected chi connectivity index (χ1v) is 8.53. The molecule has 0 atom stereocenters. The minimum absolute atomic E-state index is 0.0278. The Hall–Kier alpha value is -2.81. The van der Waals surface area contributed by atoms with Gasteiger partial charge in [0.2, 0.25) is 5.91 Å². The molecule has 0 saturated heterocycles. The van der Waals surface area contributed by atoms with Gasteiger partial charge in [-0.05, 0) is 24.6 Å². The van der Waals surface area contributed by atoms with E-state index in [2.05, 4.69) is 26.4 Å². The molecule has 1 aromatic heterocycles. The second-order valence-corrected chi connectivity index (χ2v) is 6.09. The van der Waals surface area contributed by atoms with E-state index in [-0.39, 0.29) is 11.6 Å². The van der Waals surface area contributed by atoms with Crippen molar-refractivity contribution in [2.75, 3.05) is 13.2 Å². The molecule has 6 heteroatoms. The fourth-order valence-electron chi connectivity index (χ4n) is 2.94. The number of aromatic nitrogens is 1. The maximum atomic E-state index is 12.3. The molecule has 0 saturated carbocycles. The lowest BCUT2D eigenvalue weighted by molar-refractivity contribution is -0.120. The van der Waals surface area contributed by atoms with E-state index in [1.165, 1.54) is 0 Å². The van der Waals surface area contributed by atoms with Crippen LogP contribution < -0.4 is 10.1 Å². The third-order valence-corrected chi connectivity index (χ3v) is 4.30. The number of ether oxygens (including phenoxy) is 1. The van der Waals surface area contributed by atoms with Gasteiger partial charge in [0.05, 0.1) is 13.0 Å². The van der Waals surface area contributed by atoms with Crippen LogP contribution >= 0.6 is 0 Å². The van der Waals surface area contributed by atoms with Crippen molar-refractivity contribution in [3.63, 3.8) is 0 Å². The smallest absolute Gasteiger partial charge is 0.224 e. The molecule has 0 spiro atoms. The summed E-state index contributed by atoms with van der Waals surface area (Å²) in [5.41, 5.74) is 1.54. The third-order valence-electron chi connectivity index (χ3n) is 4.30. The summed E-state index contributed by atoms with van der Waals surface area (Å²) < 4.78 is 5.68. The van der Waals surface area contributed by atoms with Gasteiger partial charge in [-0.15, -0.1) is 12.3 Å². The highest BCUT2D eigenvalue weighted by Crippen LogP contribution is 2.36. The monoisotopic (exact) mass is 338 g/mol. The van der Waals surface area contributed by atoms with Gasteiger partial charge in [-0.1, -0.05) is 6.07 Å². The van der Waals surface area contributed by atoms with Crippen LogP contribution in [-0.4, -0.2) is 29.7 Å². The highest BCUT2D eigenvalue weighted by Gasteiger charge is 2.38. The van der Waals surface area contributed by atoms with E-state index < -0.39 is 0 Å². The molecule has 6 nitrogen and oxygen atoms in total. The number of amides is 1. The lowest BCUT2D eigenvalue weighted by Crippen LogP contribution is -2.29. The van der Waals surface area contributed by atoms with Gasteiger partial charge in [-0.25, -0.2) is 0 Å². The van der Waals surface area contributed by atoms with E-state index >= 15 is 0 Å². The number of fused-ring (bicyclic) bond motifs is 1. The van der Waals surface area contributed by atoms with E-state index in [1.807, 2.05) is 31.3 Å². The van der Waals surface area contributed by atoms with Gasteiger partial charge in [-0.2, -0.15) is 10.2 Å². The molecule has 1 aromatic carbocycles. The van der Waals surface area contributed by atoms with E-state index in [4.69, 9.17) is 11.2 Å². The van der Waals surface area contributed by atoms with Crippen molar-refractivity contribution in [1.29, 1.82) is 0 Å². The molecule has 130 valence electrons. The molecule has 1 amide bonds. The Bertz CT molecular complexity index is 826. The maximum absolute atomic E-state index is 12.3. The predicted octanol–water partition coefficient (Wildman–Crippen LogP) is 3.19. The van der Waals surface area contributed by atoms with Crippen LogP contribution in [0, 0.1) is 12.3 Å². The second kappa shape index (κ2) is 7.39. The average molecular weight is 338 g/mol. The van der Waals surface area contributed by atoms with E-state index in [1.54, 1.807) is 0 Å². The van der Waals surface area contributed by atoms with Crippen LogP contribution in [0.2, 0.25) is 0 Å². The van der Waals surface area contributed by atoms with Crippen molar-refractivity contribution >= 4 is 16.8 Å². The van der Waals surface area contributed by atoms with Crippen LogP contribution in [0.3, 0.4) is 0 Å². The van der Waals surface area contributed by atoms with Crippen LogP contribution in [0.1, 0.15) is 31.7 Å². The normalized spacial score (nSPS) is 14.2. The number of nitrogens with one attached hydrogen (secondary N) is 2. The van der Waals surface area contributed by atoms with E-state index in [0.717, 1.165) is 28.6 Å². The molecule has 0 unspecified atom stereocenters. The number of carbonyl (C=O) groups is 1. The average Bonchev–Trinajstić information content (AvgIpc) is 3.26. The Balaban J connectivity index is 1.57. The number of nitrogens with zero attached hydrogens (tertiary/aromatic N) is 2. The number of hydrogen-bond acceptors (Lipinski definition) is 4. The zero-order valence-corrected chi connectivity index (χ0v) is 14.3. The number of terminal acetylenes is 1. The molecule has 1 aliphatic rings. The third kappa shape index (κ3) is 4.00. The fraction of sp³-hybridized carbons (Fsp3) is 0.421. The van der Waals surface area contributed by atoms with Crippen molar-refractivity contribution in [3.8, 4) is 18.1 Å². The van der Waals surface area contributed by atoms with Gasteiger partial charge < -0.3 is 15.0 Å². The summed E-state index contributed by atoms with van der Waals surface area (Å²) in [6.07, 6.45) is 9.54. The van der Waals surface area contributed by atoms with Crippen molar-refractivity contribution in [2.45, 2.75) is 38.3 Å². The summed E-state index contributed by atoms with van der Waals surface area (Å²) in [5, 5.41) is 12.1. The van der Waals surface area contributed by atoms with Gasteiger partial charge in [-0.3, -0.25) is 4.79 Å². The molecule has 0 radical (unpaired) electrons. The summed E-state index contributed by atoms with van der Waals surface area (Å²) in [6, 6.07) is 5.84. The number of rotatable bonds is 9. The Labute approximate surface area is 147 Å². The quantitative estimate of drug-likeness (QED) is 0.689. The number of aromatic amines is 1. The first kappa shape index (κ1) is 17.0. The largest absolute Gasteiger partial charge is 0.493 e. The zero-order chi connectivity index (χ0) is 17.7. The van der Waals surface area contributed by atoms with E-state index in [9.17, 15) is 4.79 Å². The molecule has 0 bridgehead atoms. The van der Waals surface area contributed by atoms with Crippen LogP contribution in [0.15, 0.2) is 34.6 Å². The molecular formula is C19H22N4O2. The second-order valence-electron chi connectivity index (χ2n) is 6.09. The highest BCUT2D eigenvalue weighted by molar-refractivity contribution is 5.93. The van der Waals surface area contributed by atoms with Crippen LogP contribution in [0.25, 0.3) is 10.9 Å². The minimum Gasteiger partial charge on any atom is -0.493 e. The highest BCUT2D eigenvalue weighted by atomic mass is 16.5. The molecule has 1 aliphatic heterocycles. The Kier molecular flexibility index (Phi) is 5.03. The first-order chi connectivity index (χ1) is 12.2. The van der Waals surface area contributed by atoms with Crippen LogP contribution in [0.5, 0.6) is 5.75 Å². The van der Waals surface area contributed by atoms with Gasteiger partial charge in [0.1, 0.15) is 5.75 Å². The molecule has 0 aliphatic carbocycles. The SMILES string of the molecule is C#CCCC1(CCNC(=O)Cc2c[nH]c3cccc(OCC)c23)N=N1. The molecule has 0 fully saturated rings. The maximum Gasteiger partial charge on any atom is 0.224 e.